The molecular formula is C16H20ClN5O. The molecule has 0 aromatic carbocycles. The Bertz CT molecular complexity index is 701. The summed E-state index contributed by atoms with van der Waals surface area (Å²) in [4.78, 5) is 17.9. The summed E-state index contributed by atoms with van der Waals surface area (Å²) in [5.74, 6) is 0.475. The van der Waals surface area contributed by atoms with Crippen LogP contribution in [-0.4, -0.2) is 39.2 Å². The Morgan fingerprint density at radius 1 is 1.39 bits per heavy atom. The van der Waals surface area contributed by atoms with Gasteiger partial charge in [-0.05, 0) is 12.5 Å². The van der Waals surface area contributed by atoms with Gasteiger partial charge >= 0.3 is 0 Å². The predicted octanol–water partition coefficient (Wildman–Crippen LogP) is 2.49. The highest BCUT2D eigenvalue weighted by Crippen LogP contribution is 2.36. The number of hydrogen-bond acceptors (Lipinski definition) is 4. The number of carbonyl (C=O) groups excluding carboxylic acids is 1. The van der Waals surface area contributed by atoms with E-state index in [0.29, 0.717) is 17.4 Å². The van der Waals surface area contributed by atoms with Crippen LogP contribution in [0.2, 0.25) is 5.02 Å². The Labute approximate surface area is 140 Å². The average molecular weight is 334 g/mol. The lowest BCUT2D eigenvalue weighted by Crippen LogP contribution is -2.42. The van der Waals surface area contributed by atoms with E-state index in [1.165, 1.54) is 0 Å². The van der Waals surface area contributed by atoms with Crippen LogP contribution in [0.1, 0.15) is 24.4 Å². The zero-order valence-corrected chi connectivity index (χ0v) is 14.0. The lowest BCUT2D eigenvalue weighted by molar-refractivity contribution is -0.136. The number of rotatable bonds is 4. The van der Waals surface area contributed by atoms with Crippen LogP contribution in [0.3, 0.4) is 0 Å². The van der Waals surface area contributed by atoms with E-state index in [4.69, 9.17) is 11.6 Å². The molecule has 3 heterocycles. The molecule has 1 saturated heterocycles. The first-order valence-electron chi connectivity index (χ1n) is 7.64. The SMILES string of the molecule is CN1C(=O)CC[C@H](CNc2ccncc2Cl)[C@H]1c1cnn(C)c1. The predicted molar refractivity (Wildman–Crippen MR) is 89.2 cm³/mol. The van der Waals surface area contributed by atoms with Gasteiger partial charge in [0.1, 0.15) is 0 Å². The standard InChI is InChI=1S/C16H20ClN5O/c1-21-10-12(8-20-21)16-11(3-4-15(23)22(16)2)7-19-14-5-6-18-9-13(14)17/h5-6,8-11,16H,3-4,7H2,1-2H3,(H,18,19)/t11-,16+/m1/s1. The highest BCUT2D eigenvalue weighted by molar-refractivity contribution is 6.33. The smallest absolute Gasteiger partial charge is 0.222 e. The van der Waals surface area contributed by atoms with Crippen LogP contribution in [0.15, 0.2) is 30.9 Å². The summed E-state index contributed by atoms with van der Waals surface area (Å²) in [7, 11) is 3.75. The van der Waals surface area contributed by atoms with Gasteiger partial charge in [0.25, 0.3) is 0 Å². The maximum atomic E-state index is 12.1. The molecule has 1 amide bonds. The van der Waals surface area contributed by atoms with Gasteiger partial charge in [0.15, 0.2) is 0 Å². The second kappa shape index (κ2) is 6.58. The Hall–Kier alpha value is -2.08. The van der Waals surface area contributed by atoms with Gasteiger partial charge in [-0.25, -0.2) is 0 Å². The zero-order valence-electron chi connectivity index (χ0n) is 13.2. The molecule has 2 atom stereocenters. The van der Waals surface area contributed by atoms with Crippen molar-refractivity contribution in [3.05, 3.63) is 41.4 Å². The molecule has 6 nitrogen and oxygen atoms in total. The maximum absolute atomic E-state index is 12.1. The molecule has 1 aliphatic rings. The van der Waals surface area contributed by atoms with Crippen LogP contribution >= 0.6 is 11.6 Å². The van der Waals surface area contributed by atoms with Gasteiger partial charge in [-0.15, -0.1) is 0 Å². The molecule has 0 aliphatic carbocycles. The molecule has 0 spiro atoms. The summed E-state index contributed by atoms with van der Waals surface area (Å²) in [6, 6.07) is 1.89. The van der Waals surface area contributed by atoms with E-state index in [1.807, 2.05) is 37.5 Å². The van der Waals surface area contributed by atoms with Crippen LogP contribution in [0.25, 0.3) is 0 Å². The summed E-state index contributed by atoms with van der Waals surface area (Å²) in [6.45, 7) is 0.737. The van der Waals surface area contributed by atoms with Crippen LogP contribution in [0, 0.1) is 5.92 Å². The number of hydrogen-bond donors (Lipinski definition) is 1. The lowest BCUT2D eigenvalue weighted by Gasteiger charge is -2.39. The van der Waals surface area contributed by atoms with Crippen molar-refractivity contribution in [2.24, 2.45) is 13.0 Å². The molecule has 23 heavy (non-hydrogen) atoms. The number of nitrogens with zero attached hydrogens (tertiary/aromatic N) is 4. The molecule has 0 saturated carbocycles. The molecule has 1 N–H and O–H groups in total. The molecule has 7 heteroatoms. The first-order valence-corrected chi connectivity index (χ1v) is 8.01. The minimum absolute atomic E-state index is 0.0260. The fourth-order valence-corrected chi connectivity index (χ4v) is 3.36. The number of amides is 1. The summed E-state index contributed by atoms with van der Waals surface area (Å²) in [6.07, 6.45) is 8.57. The van der Waals surface area contributed by atoms with E-state index in [9.17, 15) is 4.79 Å². The van der Waals surface area contributed by atoms with E-state index in [0.717, 1.165) is 24.2 Å². The van der Waals surface area contributed by atoms with Crippen LogP contribution < -0.4 is 5.32 Å². The number of carbonyl (C=O) groups is 1. The summed E-state index contributed by atoms with van der Waals surface area (Å²) in [5, 5.41) is 8.24. The molecule has 2 aromatic rings. The van der Waals surface area contributed by atoms with Gasteiger partial charge in [-0.2, -0.15) is 5.10 Å². The fourth-order valence-electron chi connectivity index (χ4n) is 3.18. The number of anilines is 1. The molecule has 0 unspecified atom stereocenters. The second-order valence-electron chi connectivity index (χ2n) is 5.93. The minimum atomic E-state index is 0.0260. The van der Waals surface area contributed by atoms with Crippen molar-refractivity contribution in [1.29, 1.82) is 0 Å². The number of likely N-dealkylation sites (tertiary alicyclic amines) is 1. The second-order valence-corrected chi connectivity index (χ2v) is 6.34. The Morgan fingerprint density at radius 3 is 2.91 bits per heavy atom. The molecule has 122 valence electrons. The minimum Gasteiger partial charge on any atom is -0.383 e. The Morgan fingerprint density at radius 2 is 2.22 bits per heavy atom. The van der Waals surface area contributed by atoms with Crippen molar-refractivity contribution >= 4 is 23.2 Å². The third-order valence-electron chi connectivity index (χ3n) is 4.38. The monoisotopic (exact) mass is 333 g/mol. The number of nitrogens with one attached hydrogen (secondary N) is 1. The molecule has 2 aromatic heterocycles. The van der Waals surface area contributed by atoms with Crippen molar-refractivity contribution in [1.82, 2.24) is 19.7 Å². The van der Waals surface area contributed by atoms with Gasteiger partial charge in [0, 0.05) is 57.1 Å². The first kappa shape index (κ1) is 15.8. The average Bonchev–Trinajstić information content (AvgIpc) is 2.96. The summed E-state index contributed by atoms with van der Waals surface area (Å²) in [5.41, 5.74) is 1.93. The van der Waals surface area contributed by atoms with Crippen LogP contribution in [0.4, 0.5) is 5.69 Å². The molecule has 0 radical (unpaired) electrons. The highest BCUT2D eigenvalue weighted by Gasteiger charge is 2.35. The van der Waals surface area contributed by atoms with Crippen molar-refractivity contribution in [3.8, 4) is 0 Å². The van der Waals surface area contributed by atoms with Gasteiger partial charge in [-0.3, -0.25) is 14.5 Å². The number of piperidine rings is 1. The molecule has 1 aliphatic heterocycles. The quantitative estimate of drug-likeness (QED) is 0.933. The third-order valence-corrected chi connectivity index (χ3v) is 4.68. The molecule has 0 bridgehead atoms. The van der Waals surface area contributed by atoms with Gasteiger partial charge < -0.3 is 10.2 Å². The molecule has 1 fully saturated rings. The fraction of sp³-hybridized carbons (Fsp3) is 0.438. The van der Waals surface area contributed by atoms with Crippen LogP contribution in [0.5, 0.6) is 0 Å². The zero-order chi connectivity index (χ0) is 16.4. The summed E-state index contributed by atoms with van der Waals surface area (Å²) < 4.78 is 1.77. The number of pyridine rings is 1. The van der Waals surface area contributed by atoms with Crippen molar-refractivity contribution < 1.29 is 4.79 Å². The highest BCUT2D eigenvalue weighted by atomic mass is 35.5. The number of aromatic nitrogens is 3. The normalized spacial score (nSPS) is 21.5. The molecular weight excluding hydrogens is 314 g/mol. The van der Waals surface area contributed by atoms with Crippen molar-refractivity contribution in [2.45, 2.75) is 18.9 Å². The van der Waals surface area contributed by atoms with Gasteiger partial charge in [-0.1, -0.05) is 11.6 Å². The van der Waals surface area contributed by atoms with Crippen molar-refractivity contribution in [3.63, 3.8) is 0 Å². The van der Waals surface area contributed by atoms with Crippen molar-refractivity contribution in [2.75, 3.05) is 18.9 Å². The van der Waals surface area contributed by atoms with E-state index >= 15 is 0 Å². The van der Waals surface area contributed by atoms with Gasteiger partial charge in [0.05, 0.1) is 22.9 Å². The number of halogens is 1. The molecule has 3 rings (SSSR count). The largest absolute Gasteiger partial charge is 0.383 e. The Balaban J connectivity index is 1.78. The third kappa shape index (κ3) is 3.32. The van der Waals surface area contributed by atoms with E-state index in [-0.39, 0.29) is 11.9 Å². The summed E-state index contributed by atoms with van der Waals surface area (Å²) >= 11 is 6.15. The van der Waals surface area contributed by atoms with E-state index in [1.54, 1.807) is 17.1 Å². The first-order chi connectivity index (χ1) is 11.1. The Kier molecular flexibility index (Phi) is 4.52. The van der Waals surface area contributed by atoms with Gasteiger partial charge in [0.2, 0.25) is 5.91 Å². The maximum Gasteiger partial charge on any atom is 0.222 e. The van der Waals surface area contributed by atoms with Crippen LogP contribution in [-0.2, 0) is 11.8 Å². The van der Waals surface area contributed by atoms with E-state index < -0.39 is 0 Å². The van der Waals surface area contributed by atoms with E-state index in [2.05, 4.69) is 15.4 Å². The topological polar surface area (TPSA) is 63.1 Å². The number of aryl methyl sites for hydroxylation is 1. The lowest BCUT2D eigenvalue weighted by atomic mass is 9.85.